The predicted molar refractivity (Wildman–Crippen MR) is 84.6 cm³/mol. The molecule has 0 aliphatic carbocycles. The SMILES string of the molecule is COc1ccc(Br)c(C(=O)Nc2ccccc2CCl)c1. The standard InChI is InChI=1S/C15H13BrClNO2/c1-20-11-6-7-13(16)12(8-11)15(19)18-14-5-3-2-4-10(14)9-17/h2-8H,9H2,1H3,(H,18,19). The number of benzene rings is 2. The quantitative estimate of drug-likeness (QED) is 0.824. The fourth-order valence-electron chi connectivity index (χ4n) is 1.75. The number of halogens is 2. The predicted octanol–water partition coefficient (Wildman–Crippen LogP) is 4.45. The summed E-state index contributed by atoms with van der Waals surface area (Å²) in [5.41, 5.74) is 2.09. The number of para-hydroxylation sites is 1. The number of amides is 1. The zero-order valence-corrected chi connectivity index (χ0v) is 13.2. The van der Waals surface area contributed by atoms with E-state index in [-0.39, 0.29) is 5.91 Å². The van der Waals surface area contributed by atoms with E-state index in [0.29, 0.717) is 27.4 Å². The van der Waals surface area contributed by atoms with Gasteiger partial charge in [0, 0.05) is 16.0 Å². The Labute approximate surface area is 131 Å². The first kappa shape index (κ1) is 14.9. The summed E-state index contributed by atoms with van der Waals surface area (Å²) in [5.74, 6) is 0.757. The van der Waals surface area contributed by atoms with E-state index in [9.17, 15) is 4.79 Å². The van der Waals surface area contributed by atoms with Crippen LogP contribution in [0, 0.1) is 0 Å². The molecule has 0 saturated carbocycles. The van der Waals surface area contributed by atoms with Gasteiger partial charge in [0.25, 0.3) is 5.91 Å². The van der Waals surface area contributed by atoms with Crippen LogP contribution in [-0.4, -0.2) is 13.0 Å². The largest absolute Gasteiger partial charge is 0.497 e. The van der Waals surface area contributed by atoms with E-state index in [1.54, 1.807) is 25.3 Å². The summed E-state index contributed by atoms with van der Waals surface area (Å²) in [4.78, 5) is 12.3. The van der Waals surface area contributed by atoms with Gasteiger partial charge in [0.15, 0.2) is 0 Å². The van der Waals surface area contributed by atoms with Crippen LogP contribution in [0.15, 0.2) is 46.9 Å². The normalized spacial score (nSPS) is 10.2. The lowest BCUT2D eigenvalue weighted by molar-refractivity contribution is 0.102. The van der Waals surface area contributed by atoms with E-state index in [2.05, 4.69) is 21.2 Å². The number of anilines is 1. The minimum Gasteiger partial charge on any atom is -0.497 e. The van der Waals surface area contributed by atoms with Crippen molar-refractivity contribution >= 4 is 39.1 Å². The molecule has 0 aliphatic heterocycles. The molecule has 0 aromatic heterocycles. The fraction of sp³-hybridized carbons (Fsp3) is 0.133. The summed E-state index contributed by atoms with van der Waals surface area (Å²) in [5, 5.41) is 2.86. The van der Waals surface area contributed by atoms with Crippen molar-refractivity contribution in [3.8, 4) is 5.75 Å². The van der Waals surface area contributed by atoms with Crippen LogP contribution in [0.4, 0.5) is 5.69 Å². The molecule has 2 aromatic carbocycles. The molecule has 2 aromatic rings. The average Bonchev–Trinajstić information content (AvgIpc) is 2.48. The molecular weight excluding hydrogens is 342 g/mol. The number of methoxy groups -OCH3 is 1. The minimum absolute atomic E-state index is 0.214. The zero-order valence-electron chi connectivity index (χ0n) is 10.8. The molecule has 0 atom stereocenters. The Bertz CT molecular complexity index is 631. The first-order valence-corrected chi connectivity index (χ1v) is 7.27. The van der Waals surface area contributed by atoms with Gasteiger partial charge in [-0.15, -0.1) is 11.6 Å². The molecule has 1 amide bonds. The lowest BCUT2D eigenvalue weighted by Crippen LogP contribution is -2.13. The monoisotopic (exact) mass is 353 g/mol. The van der Waals surface area contributed by atoms with Gasteiger partial charge in [0.1, 0.15) is 5.75 Å². The molecule has 0 bridgehead atoms. The molecule has 2 rings (SSSR count). The third kappa shape index (κ3) is 3.32. The second-order valence-corrected chi connectivity index (χ2v) is 5.21. The number of rotatable bonds is 4. The Hall–Kier alpha value is -1.52. The van der Waals surface area contributed by atoms with Gasteiger partial charge in [-0.25, -0.2) is 0 Å². The van der Waals surface area contributed by atoms with Gasteiger partial charge in [-0.3, -0.25) is 4.79 Å². The summed E-state index contributed by atoms with van der Waals surface area (Å²) in [6, 6.07) is 12.7. The fourth-order valence-corrected chi connectivity index (χ4v) is 2.41. The maximum atomic E-state index is 12.3. The van der Waals surface area contributed by atoms with E-state index in [1.165, 1.54) is 0 Å². The van der Waals surface area contributed by atoms with Crippen LogP contribution in [0.5, 0.6) is 5.75 Å². The highest BCUT2D eigenvalue weighted by molar-refractivity contribution is 9.10. The van der Waals surface area contributed by atoms with Crippen LogP contribution in [0.2, 0.25) is 0 Å². The maximum absolute atomic E-state index is 12.3. The third-order valence-corrected chi connectivity index (χ3v) is 3.81. The van der Waals surface area contributed by atoms with Crippen molar-refractivity contribution in [2.75, 3.05) is 12.4 Å². The van der Waals surface area contributed by atoms with Crippen molar-refractivity contribution in [2.45, 2.75) is 5.88 Å². The maximum Gasteiger partial charge on any atom is 0.256 e. The Kier molecular flexibility index (Phi) is 5.04. The smallest absolute Gasteiger partial charge is 0.256 e. The number of carbonyl (C=O) groups is 1. The molecule has 5 heteroatoms. The van der Waals surface area contributed by atoms with Crippen molar-refractivity contribution < 1.29 is 9.53 Å². The molecule has 3 nitrogen and oxygen atoms in total. The Morgan fingerprint density at radius 1 is 1.30 bits per heavy atom. The minimum atomic E-state index is -0.214. The summed E-state index contributed by atoms with van der Waals surface area (Å²) in [7, 11) is 1.56. The molecule has 0 heterocycles. The molecule has 0 fully saturated rings. The Morgan fingerprint density at radius 3 is 2.75 bits per heavy atom. The van der Waals surface area contributed by atoms with Gasteiger partial charge >= 0.3 is 0 Å². The highest BCUT2D eigenvalue weighted by Gasteiger charge is 2.13. The highest BCUT2D eigenvalue weighted by Crippen LogP contribution is 2.24. The first-order chi connectivity index (χ1) is 9.65. The number of nitrogens with one attached hydrogen (secondary N) is 1. The highest BCUT2D eigenvalue weighted by atomic mass is 79.9. The van der Waals surface area contributed by atoms with Crippen molar-refractivity contribution in [1.29, 1.82) is 0 Å². The van der Waals surface area contributed by atoms with E-state index in [0.717, 1.165) is 5.56 Å². The molecule has 1 N–H and O–H groups in total. The van der Waals surface area contributed by atoms with Crippen molar-refractivity contribution in [3.05, 3.63) is 58.1 Å². The number of hydrogen-bond acceptors (Lipinski definition) is 2. The molecule has 0 unspecified atom stereocenters. The van der Waals surface area contributed by atoms with Crippen LogP contribution < -0.4 is 10.1 Å². The summed E-state index contributed by atoms with van der Waals surface area (Å²) < 4.78 is 5.84. The second kappa shape index (κ2) is 6.77. The van der Waals surface area contributed by atoms with Crippen LogP contribution in [0.25, 0.3) is 0 Å². The molecule has 0 spiro atoms. The second-order valence-electron chi connectivity index (χ2n) is 4.09. The molecule has 0 radical (unpaired) electrons. The molecule has 0 saturated heterocycles. The molecule has 104 valence electrons. The molecule has 20 heavy (non-hydrogen) atoms. The molecule has 0 aliphatic rings. The van der Waals surface area contributed by atoms with Gasteiger partial charge < -0.3 is 10.1 Å². The summed E-state index contributed by atoms with van der Waals surface area (Å²) in [6.45, 7) is 0. The molecular formula is C15H13BrClNO2. The van der Waals surface area contributed by atoms with Crippen molar-refractivity contribution in [3.63, 3.8) is 0 Å². The lowest BCUT2D eigenvalue weighted by Gasteiger charge is -2.11. The topological polar surface area (TPSA) is 38.3 Å². The van der Waals surface area contributed by atoms with Gasteiger partial charge in [-0.2, -0.15) is 0 Å². The van der Waals surface area contributed by atoms with E-state index in [1.807, 2.05) is 24.3 Å². The van der Waals surface area contributed by atoms with E-state index >= 15 is 0 Å². The Balaban J connectivity index is 2.28. The average molecular weight is 355 g/mol. The lowest BCUT2D eigenvalue weighted by atomic mass is 10.1. The summed E-state index contributed by atoms with van der Waals surface area (Å²) in [6.07, 6.45) is 0. The number of alkyl halides is 1. The number of ether oxygens (including phenoxy) is 1. The van der Waals surface area contributed by atoms with Gasteiger partial charge in [-0.1, -0.05) is 18.2 Å². The van der Waals surface area contributed by atoms with Crippen molar-refractivity contribution in [2.24, 2.45) is 0 Å². The van der Waals surface area contributed by atoms with Crippen LogP contribution in [0.1, 0.15) is 15.9 Å². The third-order valence-electron chi connectivity index (χ3n) is 2.83. The van der Waals surface area contributed by atoms with Crippen LogP contribution >= 0.6 is 27.5 Å². The van der Waals surface area contributed by atoms with Gasteiger partial charge in [0.05, 0.1) is 12.7 Å². The van der Waals surface area contributed by atoms with Crippen LogP contribution in [0.3, 0.4) is 0 Å². The van der Waals surface area contributed by atoms with Gasteiger partial charge in [-0.05, 0) is 45.8 Å². The number of hydrogen-bond donors (Lipinski definition) is 1. The van der Waals surface area contributed by atoms with Crippen LogP contribution in [-0.2, 0) is 5.88 Å². The van der Waals surface area contributed by atoms with E-state index in [4.69, 9.17) is 16.3 Å². The number of carbonyl (C=O) groups excluding carboxylic acids is 1. The zero-order chi connectivity index (χ0) is 14.5. The Morgan fingerprint density at radius 2 is 2.05 bits per heavy atom. The van der Waals surface area contributed by atoms with Crippen molar-refractivity contribution in [1.82, 2.24) is 0 Å². The van der Waals surface area contributed by atoms with E-state index < -0.39 is 0 Å². The first-order valence-electron chi connectivity index (χ1n) is 5.94. The summed E-state index contributed by atoms with van der Waals surface area (Å²) >= 11 is 9.23. The van der Waals surface area contributed by atoms with Gasteiger partial charge in [0.2, 0.25) is 0 Å².